The van der Waals surface area contributed by atoms with Gasteiger partial charge in [0.2, 0.25) is 5.78 Å². The Bertz CT molecular complexity index is 819. The summed E-state index contributed by atoms with van der Waals surface area (Å²) in [6.45, 7) is 7.86. The van der Waals surface area contributed by atoms with E-state index in [2.05, 4.69) is 6.92 Å². The number of Topliss-reactive ketones (excluding diaryl/α,β-unsaturated/α-hetero) is 1. The van der Waals surface area contributed by atoms with Crippen LogP contribution in [0.5, 0.6) is 0 Å². The summed E-state index contributed by atoms with van der Waals surface area (Å²) in [6, 6.07) is 7.52. The van der Waals surface area contributed by atoms with Crippen LogP contribution >= 0.6 is 11.3 Å². The lowest BCUT2D eigenvalue weighted by molar-refractivity contribution is 0.0323. The van der Waals surface area contributed by atoms with Crippen LogP contribution in [0.3, 0.4) is 0 Å². The summed E-state index contributed by atoms with van der Waals surface area (Å²) in [7, 11) is 0. The Hall–Kier alpha value is -1.94. The van der Waals surface area contributed by atoms with Crippen molar-refractivity contribution in [2.45, 2.75) is 53.1 Å². The lowest BCUT2D eigenvalue weighted by Crippen LogP contribution is -2.24. The molecule has 3 rings (SSSR count). The number of ether oxygens (including phenoxy) is 1. The molecule has 0 unspecified atom stereocenters. The molecule has 1 aromatic carbocycles. The van der Waals surface area contributed by atoms with Gasteiger partial charge >= 0.3 is 5.97 Å². The first-order valence-corrected chi connectivity index (χ1v) is 9.61. The molecule has 0 fully saturated rings. The fourth-order valence-electron chi connectivity index (χ4n) is 3.21. The number of carbonyl (C=O) groups is 2. The van der Waals surface area contributed by atoms with E-state index in [0.29, 0.717) is 16.4 Å². The Morgan fingerprint density at radius 3 is 2.68 bits per heavy atom. The number of hydrogen-bond acceptors (Lipinski definition) is 4. The molecule has 0 aliphatic heterocycles. The topological polar surface area (TPSA) is 43.4 Å². The number of fused-ring (bicyclic) bond motifs is 1. The van der Waals surface area contributed by atoms with Gasteiger partial charge in [0, 0.05) is 10.4 Å². The van der Waals surface area contributed by atoms with Crippen LogP contribution in [0.2, 0.25) is 0 Å². The van der Waals surface area contributed by atoms with Gasteiger partial charge < -0.3 is 4.74 Å². The highest BCUT2D eigenvalue weighted by Crippen LogP contribution is 2.32. The van der Waals surface area contributed by atoms with E-state index in [4.69, 9.17) is 4.74 Å². The van der Waals surface area contributed by atoms with E-state index in [1.807, 2.05) is 32.0 Å². The SMILES string of the molecule is Cc1ccc(C(=O)[C@H](C)OC(=O)c2cc3c(s2)CC[C@H](C)C3)cc1C. The molecular weight excluding hydrogens is 332 g/mol. The molecule has 0 bridgehead atoms. The van der Waals surface area contributed by atoms with Crippen molar-refractivity contribution in [1.29, 1.82) is 0 Å². The minimum absolute atomic E-state index is 0.161. The second kappa shape index (κ2) is 7.12. The number of esters is 1. The van der Waals surface area contributed by atoms with Crippen LogP contribution in [0.1, 0.15) is 61.9 Å². The minimum atomic E-state index is -0.785. The Kier molecular flexibility index (Phi) is 5.09. The predicted molar refractivity (Wildman–Crippen MR) is 101 cm³/mol. The first kappa shape index (κ1) is 17.9. The number of ketones is 1. The molecule has 132 valence electrons. The van der Waals surface area contributed by atoms with E-state index < -0.39 is 12.1 Å². The maximum Gasteiger partial charge on any atom is 0.349 e. The Labute approximate surface area is 153 Å². The summed E-state index contributed by atoms with van der Waals surface area (Å²) < 4.78 is 5.45. The van der Waals surface area contributed by atoms with E-state index in [0.717, 1.165) is 24.0 Å². The summed E-state index contributed by atoms with van der Waals surface area (Å²) >= 11 is 1.51. The average Bonchev–Trinajstić information content (AvgIpc) is 2.99. The van der Waals surface area contributed by atoms with Gasteiger partial charge in [-0.2, -0.15) is 0 Å². The molecule has 1 heterocycles. The number of carbonyl (C=O) groups excluding carboxylic acids is 2. The smallest absolute Gasteiger partial charge is 0.349 e. The highest BCUT2D eigenvalue weighted by molar-refractivity contribution is 7.14. The van der Waals surface area contributed by atoms with Crippen molar-refractivity contribution in [2.75, 3.05) is 0 Å². The fourth-order valence-corrected chi connectivity index (χ4v) is 4.30. The maximum absolute atomic E-state index is 12.5. The van der Waals surface area contributed by atoms with Gasteiger partial charge in [-0.3, -0.25) is 4.79 Å². The number of hydrogen-bond donors (Lipinski definition) is 0. The number of benzene rings is 1. The van der Waals surface area contributed by atoms with E-state index in [9.17, 15) is 9.59 Å². The minimum Gasteiger partial charge on any atom is -0.450 e. The summed E-state index contributed by atoms with van der Waals surface area (Å²) in [4.78, 5) is 26.9. The van der Waals surface area contributed by atoms with Crippen LogP contribution in [0.15, 0.2) is 24.3 Å². The van der Waals surface area contributed by atoms with Gasteiger partial charge in [0.25, 0.3) is 0 Å². The van der Waals surface area contributed by atoms with Gasteiger partial charge in [0.1, 0.15) is 4.88 Å². The van der Waals surface area contributed by atoms with Gasteiger partial charge in [-0.15, -0.1) is 11.3 Å². The zero-order chi connectivity index (χ0) is 18.1. The van der Waals surface area contributed by atoms with Crippen molar-refractivity contribution in [3.8, 4) is 0 Å². The third-order valence-electron chi connectivity index (χ3n) is 4.97. The van der Waals surface area contributed by atoms with Gasteiger partial charge in [0.05, 0.1) is 0 Å². The molecule has 0 radical (unpaired) electrons. The molecule has 0 saturated carbocycles. The van der Waals surface area contributed by atoms with Crippen molar-refractivity contribution in [2.24, 2.45) is 5.92 Å². The van der Waals surface area contributed by atoms with E-state index in [1.165, 1.54) is 28.2 Å². The van der Waals surface area contributed by atoms with Crippen molar-refractivity contribution in [1.82, 2.24) is 0 Å². The van der Waals surface area contributed by atoms with Crippen LogP contribution < -0.4 is 0 Å². The first-order chi connectivity index (χ1) is 11.8. The molecule has 3 nitrogen and oxygen atoms in total. The summed E-state index contributed by atoms with van der Waals surface area (Å²) in [6.07, 6.45) is 2.44. The molecule has 2 aromatic rings. The van der Waals surface area contributed by atoms with Crippen molar-refractivity contribution in [3.63, 3.8) is 0 Å². The van der Waals surface area contributed by atoms with Crippen LogP contribution in [0.25, 0.3) is 0 Å². The second-order valence-electron chi connectivity index (χ2n) is 7.12. The molecule has 1 aliphatic rings. The largest absolute Gasteiger partial charge is 0.450 e. The molecule has 0 N–H and O–H groups in total. The second-order valence-corrected chi connectivity index (χ2v) is 8.25. The monoisotopic (exact) mass is 356 g/mol. The number of thiophene rings is 1. The quantitative estimate of drug-likeness (QED) is 0.577. The third-order valence-corrected chi connectivity index (χ3v) is 6.19. The van der Waals surface area contributed by atoms with Gasteiger partial charge in [-0.25, -0.2) is 4.79 Å². The Morgan fingerprint density at radius 2 is 1.96 bits per heavy atom. The zero-order valence-corrected chi connectivity index (χ0v) is 16.0. The summed E-state index contributed by atoms with van der Waals surface area (Å²) in [5, 5.41) is 0. The van der Waals surface area contributed by atoms with Gasteiger partial charge in [0.15, 0.2) is 6.10 Å². The van der Waals surface area contributed by atoms with E-state index in [1.54, 1.807) is 13.0 Å². The van der Waals surface area contributed by atoms with E-state index >= 15 is 0 Å². The summed E-state index contributed by atoms with van der Waals surface area (Å²) in [5.41, 5.74) is 4.05. The number of rotatable bonds is 4. The van der Waals surface area contributed by atoms with Crippen molar-refractivity contribution in [3.05, 3.63) is 56.3 Å². The fraction of sp³-hybridized carbons (Fsp3) is 0.429. The molecule has 0 saturated heterocycles. The molecule has 0 amide bonds. The Balaban J connectivity index is 1.70. The lowest BCUT2D eigenvalue weighted by Gasteiger charge is -2.16. The van der Waals surface area contributed by atoms with Gasteiger partial charge in [-0.1, -0.05) is 19.1 Å². The Morgan fingerprint density at radius 1 is 1.20 bits per heavy atom. The molecular formula is C21H24O3S. The zero-order valence-electron chi connectivity index (χ0n) is 15.2. The number of aryl methyl sites for hydroxylation is 3. The molecule has 1 aromatic heterocycles. The highest BCUT2D eigenvalue weighted by atomic mass is 32.1. The molecule has 1 aliphatic carbocycles. The van der Waals surface area contributed by atoms with Crippen molar-refractivity contribution >= 4 is 23.1 Å². The molecule has 25 heavy (non-hydrogen) atoms. The first-order valence-electron chi connectivity index (χ1n) is 8.79. The normalized spacial score (nSPS) is 17.7. The molecule has 2 atom stereocenters. The molecule has 4 heteroatoms. The predicted octanol–water partition coefficient (Wildman–Crippen LogP) is 4.92. The average molecular weight is 356 g/mol. The van der Waals surface area contributed by atoms with Crippen molar-refractivity contribution < 1.29 is 14.3 Å². The maximum atomic E-state index is 12.5. The third kappa shape index (κ3) is 3.84. The highest BCUT2D eigenvalue weighted by Gasteiger charge is 2.24. The van der Waals surface area contributed by atoms with Crippen LogP contribution in [-0.2, 0) is 17.6 Å². The standard InChI is InChI=1S/C21H24O3S/c1-12-5-8-18-17(9-12)11-19(25-18)21(23)24-15(4)20(22)16-7-6-13(2)14(3)10-16/h6-7,10-12,15H,5,8-9H2,1-4H3/t12-,15-/m0/s1. The van der Waals surface area contributed by atoms with Crippen LogP contribution in [0, 0.1) is 19.8 Å². The lowest BCUT2D eigenvalue weighted by atomic mass is 9.90. The molecule has 0 spiro atoms. The van der Waals surface area contributed by atoms with Crippen LogP contribution in [-0.4, -0.2) is 17.9 Å². The van der Waals surface area contributed by atoms with E-state index in [-0.39, 0.29) is 5.78 Å². The summed E-state index contributed by atoms with van der Waals surface area (Å²) in [5.74, 6) is 0.111. The van der Waals surface area contributed by atoms with Crippen LogP contribution in [0.4, 0.5) is 0 Å². The van der Waals surface area contributed by atoms with Gasteiger partial charge in [-0.05, 0) is 74.8 Å².